The number of anilines is 1. The summed E-state index contributed by atoms with van der Waals surface area (Å²) in [6.07, 6.45) is 1.31. The summed E-state index contributed by atoms with van der Waals surface area (Å²) in [7, 11) is -3.62. The van der Waals surface area contributed by atoms with Gasteiger partial charge < -0.3 is 5.73 Å². The van der Waals surface area contributed by atoms with Crippen molar-refractivity contribution in [2.24, 2.45) is 5.73 Å². The van der Waals surface area contributed by atoms with E-state index in [4.69, 9.17) is 5.73 Å². The first-order valence-corrected chi connectivity index (χ1v) is 7.66. The van der Waals surface area contributed by atoms with Gasteiger partial charge in [-0.05, 0) is 49.2 Å². The van der Waals surface area contributed by atoms with E-state index in [1.54, 1.807) is 18.2 Å². The minimum absolute atomic E-state index is 0.118. The molecule has 1 aromatic heterocycles. The van der Waals surface area contributed by atoms with Crippen molar-refractivity contribution in [2.45, 2.75) is 25.3 Å². The average molecular weight is 291 g/mol. The highest BCUT2D eigenvalue weighted by atomic mass is 32.2. The first kappa shape index (κ1) is 14.5. The van der Waals surface area contributed by atoms with E-state index in [0.29, 0.717) is 11.4 Å². The zero-order chi connectivity index (χ0) is 14.8. The molecule has 0 fully saturated rings. The Morgan fingerprint density at radius 3 is 2.45 bits per heavy atom. The molecule has 5 nitrogen and oxygen atoms in total. The van der Waals surface area contributed by atoms with Gasteiger partial charge in [-0.2, -0.15) is 0 Å². The molecule has 0 saturated heterocycles. The molecule has 2 aromatic rings. The normalized spacial score (nSPS) is 11.3. The number of pyridine rings is 1. The average Bonchev–Trinajstić information content (AvgIpc) is 2.43. The van der Waals surface area contributed by atoms with Gasteiger partial charge in [0.25, 0.3) is 10.0 Å². The molecule has 2 rings (SSSR count). The SMILES string of the molecule is Cc1ccc(NS(=O)(=O)c2ccc(CN)nc2)cc1C. The third-order valence-electron chi connectivity index (χ3n) is 3.08. The summed E-state index contributed by atoms with van der Waals surface area (Å²) >= 11 is 0. The first-order chi connectivity index (χ1) is 9.42. The summed E-state index contributed by atoms with van der Waals surface area (Å²) in [4.78, 5) is 4.11. The highest BCUT2D eigenvalue weighted by molar-refractivity contribution is 7.92. The Bertz CT molecular complexity index is 710. The molecule has 0 atom stereocenters. The number of nitrogens with two attached hydrogens (primary N) is 1. The fourth-order valence-corrected chi connectivity index (χ4v) is 2.70. The van der Waals surface area contributed by atoms with E-state index in [9.17, 15) is 8.42 Å². The second-order valence-corrected chi connectivity index (χ2v) is 6.28. The predicted molar refractivity (Wildman–Crippen MR) is 78.9 cm³/mol. The molecule has 6 heteroatoms. The van der Waals surface area contributed by atoms with Gasteiger partial charge in [0.2, 0.25) is 0 Å². The quantitative estimate of drug-likeness (QED) is 0.901. The molecule has 0 aliphatic carbocycles. The van der Waals surface area contributed by atoms with Crippen LogP contribution in [0, 0.1) is 13.8 Å². The Morgan fingerprint density at radius 2 is 1.90 bits per heavy atom. The van der Waals surface area contributed by atoms with Crippen LogP contribution >= 0.6 is 0 Å². The summed E-state index contributed by atoms with van der Waals surface area (Å²) in [5, 5.41) is 0. The molecule has 0 radical (unpaired) electrons. The van der Waals surface area contributed by atoms with E-state index >= 15 is 0 Å². The molecule has 0 saturated carbocycles. The molecular weight excluding hydrogens is 274 g/mol. The molecule has 0 bridgehead atoms. The molecule has 20 heavy (non-hydrogen) atoms. The van der Waals surface area contributed by atoms with Gasteiger partial charge in [-0.3, -0.25) is 9.71 Å². The summed E-state index contributed by atoms with van der Waals surface area (Å²) < 4.78 is 27.0. The van der Waals surface area contributed by atoms with Crippen molar-refractivity contribution in [1.82, 2.24) is 4.98 Å². The van der Waals surface area contributed by atoms with Gasteiger partial charge >= 0.3 is 0 Å². The lowest BCUT2D eigenvalue weighted by Crippen LogP contribution is -2.14. The van der Waals surface area contributed by atoms with Crippen LogP contribution in [0.1, 0.15) is 16.8 Å². The maximum absolute atomic E-state index is 12.2. The summed E-state index contributed by atoms with van der Waals surface area (Å²) in [6, 6.07) is 8.52. The fraction of sp³-hybridized carbons (Fsp3) is 0.214. The summed E-state index contributed by atoms with van der Waals surface area (Å²) in [5.74, 6) is 0. The molecule has 1 heterocycles. The summed E-state index contributed by atoms with van der Waals surface area (Å²) in [5.41, 5.74) is 8.76. The molecule has 0 aliphatic heterocycles. The number of sulfonamides is 1. The van der Waals surface area contributed by atoms with Gasteiger partial charge in [0.05, 0.1) is 5.69 Å². The Kier molecular flexibility index (Phi) is 4.06. The van der Waals surface area contributed by atoms with E-state index < -0.39 is 10.0 Å². The third-order valence-corrected chi connectivity index (χ3v) is 4.44. The van der Waals surface area contributed by atoms with Crippen LogP contribution in [-0.4, -0.2) is 13.4 Å². The maximum atomic E-state index is 12.2. The zero-order valence-corrected chi connectivity index (χ0v) is 12.2. The maximum Gasteiger partial charge on any atom is 0.263 e. The highest BCUT2D eigenvalue weighted by Gasteiger charge is 2.14. The minimum atomic E-state index is -3.62. The lowest BCUT2D eigenvalue weighted by Gasteiger charge is -2.10. The number of hydrogen-bond acceptors (Lipinski definition) is 4. The van der Waals surface area contributed by atoms with Gasteiger partial charge in [-0.15, -0.1) is 0 Å². The van der Waals surface area contributed by atoms with Crippen LogP contribution in [0.4, 0.5) is 5.69 Å². The van der Waals surface area contributed by atoms with Crippen LogP contribution in [0.15, 0.2) is 41.4 Å². The summed E-state index contributed by atoms with van der Waals surface area (Å²) in [6.45, 7) is 4.19. The molecule has 0 unspecified atom stereocenters. The van der Waals surface area contributed by atoms with Crippen molar-refractivity contribution in [3.05, 3.63) is 53.3 Å². The van der Waals surface area contributed by atoms with Crippen LogP contribution in [0.5, 0.6) is 0 Å². The number of benzene rings is 1. The Balaban J connectivity index is 2.27. The Labute approximate surface area is 118 Å². The van der Waals surface area contributed by atoms with Crippen molar-refractivity contribution in [2.75, 3.05) is 4.72 Å². The van der Waals surface area contributed by atoms with Gasteiger partial charge in [0.15, 0.2) is 0 Å². The van der Waals surface area contributed by atoms with Crippen LogP contribution in [0.2, 0.25) is 0 Å². The number of aryl methyl sites for hydroxylation is 2. The largest absolute Gasteiger partial charge is 0.325 e. The lowest BCUT2D eigenvalue weighted by atomic mass is 10.1. The second kappa shape index (κ2) is 5.60. The second-order valence-electron chi connectivity index (χ2n) is 4.59. The van der Waals surface area contributed by atoms with Crippen LogP contribution < -0.4 is 10.5 Å². The molecule has 0 aliphatic rings. The van der Waals surface area contributed by atoms with E-state index in [2.05, 4.69) is 9.71 Å². The van der Waals surface area contributed by atoms with Gasteiger partial charge in [0.1, 0.15) is 4.90 Å². The zero-order valence-electron chi connectivity index (χ0n) is 11.4. The van der Waals surface area contributed by atoms with Gasteiger partial charge in [-0.1, -0.05) is 6.07 Å². The molecular formula is C14H17N3O2S. The van der Waals surface area contributed by atoms with Crippen LogP contribution in [0.3, 0.4) is 0 Å². The lowest BCUT2D eigenvalue weighted by molar-refractivity contribution is 0.600. The molecule has 3 N–H and O–H groups in total. The Hall–Kier alpha value is -1.92. The topological polar surface area (TPSA) is 85.1 Å². The van der Waals surface area contributed by atoms with Crippen molar-refractivity contribution in [3.8, 4) is 0 Å². The number of rotatable bonds is 4. The van der Waals surface area contributed by atoms with Crippen molar-refractivity contribution < 1.29 is 8.42 Å². The molecule has 0 spiro atoms. The number of aromatic nitrogens is 1. The molecule has 1 aromatic carbocycles. The van der Waals surface area contributed by atoms with E-state index in [1.165, 1.54) is 12.3 Å². The van der Waals surface area contributed by atoms with Gasteiger partial charge in [0, 0.05) is 18.4 Å². The Morgan fingerprint density at radius 1 is 1.15 bits per heavy atom. The van der Waals surface area contributed by atoms with Gasteiger partial charge in [-0.25, -0.2) is 8.42 Å². The van der Waals surface area contributed by atoms with E-state index in [0.717, 1.165) is 11.1 Å². The smallest absolute Gasteiger partial charge is 0.263 e. The highest BCUT2D eigenvalue weighted by Crippen LogP contribution is 2.18. The van der Waals surface area contributed by atoms with E-state index in [-0.39, 0.29) is 11.4 Å². The number of hydrogen-bond donors (Lipinski definition) is 2. The number of nitrogens with one attached hydrogen (secondary N) is 1. The van der Waals surface area contributed by atoms with E-state index in [1.807, 2.05) is 19.9 Å². The molecule has 106 valence electrons. The fourth-order valence-electron chi connectivity index (χ4n) is 1.71. The standard InChI is InChI=1S/C14H17N3O2S/c1-10-3-4-12(7-11(10)2)17-20(18,19)14-6-5-13(8-15)16-9-14/h3-7,9,17H,8,15H2,1-2H3. The van der Waals surface area contributed by atoms with Crippen LogP contribution in [0.25, 0.3) is 0 Å². The third kappa shape index (κ3) is 3.15. The molecule has 0 amide bonds. The van der Waals surface area contributed by atoms with Crippen molar-refractivity contribution in [1.29, 1.82) is 0 Å². The van der Waals surface area contributed by atoms with Crippen molar-refractivity contribution >= 4 is 15.7 Å². The number of nitrogens with zero attached hydrogens (tertiary/aromatic N) is 1. The first-order valence-electron chi connectivity index (χ1n) is 6.17. The van der Waals surface area contributed by atoms with Crippen molar-refractivity contribution in [3.63, 3.8) is 0 Å². The predicted octanol–water partition coefficient (Wildman–Crippen LogP) is 1.96. The minimum Gasteiger partial charge on any atom is -0.325 e. The monoisotopic (exact) mass is 291 g/mol. The van der Waals surface area contributed by atoms with Crippen LogP contribution in [-0.2, 0) is 16.6 Å².